The van der Waals surface area contributed by atoms with Crippen LogP contribution in [0.5, 0.6) is 0 Å². The van der Waals surface area contributed by atoms with Crippen LogP contribution in [0.2, 0.25) is 0 Å². The molecule has 1 heterocycles. The number of aryl methyl sites for hydroxylation is 1. The maximum Gasteiger partial charge on any atom is 0.135 e. The van der Waals surface area contributed by atoms with Crippen molar-refractivity contribution in [1.29, 1.82) is 0 Å². The molecule has 0 atom stereocenters. The molecule has 18 heavy (non-hydrogen) atoms. The summed E-state index contributed by atoms with van der Waals surface area (Å²) in [6.45, 7) is 4.69. The Labute approximate surface area is 105 Å². The minimum absolute atomic E-state index is 0.274. The van der Waals surface area contributed by atoms with Crippen molar-refractivity contribution in [3.8, 4) is 0 Å². The van der Waals surface area contributed by atoms with Gasteiger partial charge in [-0.3, -0.25) is 0 Å². The van der Waals surface area contributed by atoms with Crippen LogP contribution in [0.4, 0.5) is 21.7 Å². The molecule has 0 bridgehead atoms. The van der Waals surface area contributed by atoms with E-state index in [1.54, 1.807) is 12.1 Å². The number of anilines is 3. The summed E-state index contributed by atoms with van der Waals surface area (Å²) in [5, 5.41) is 6.18. The van der Waals surface area contributed by atoms with Gasteiger partial charge in [-0.05, 0) is 31.5 Å². The highest BCUT2D eigenvalue weighted by molar-refractivity contribution is 5.62. The fourth-order valence-corrected chi connectivity index (χ4v) is 1.57. The molecule has 0 spiro atoms. The third-order valence-electron chi connectivity index (χ3n) is 2.49. The van der Waals surface area contributed by atoms with Gasteiger partial charge in [0.25, 0.3) is 0 Å². The van der Waals surface area contributed by atoms with Crippen molar-refractivity contribution in [3.05, 3.63) is 42.0 Å². The van der Waals surface area contributed by atoms with Gasteiger partial charge in [0.1, 0.15) is 23.8 Å². The average Bonchev–Trinajstić information content (AvgIpc) is 2.35. The zero-order valence-corrected chi connectivity index (χ0v) is 10.4. The molecule has 1 aromatic heterocycles. The standard InChI is InChI=1S/C13H15FN4/c1-3-15-12-7-13(17-8-16-12)18-11-6-10(14)5-4-9(11)2/h4-8H,3H2,1-2H3,(H2,15,16,17,18). The normalized spacial score (nSPS) is 10.2. The smallest absolute Gasteiger partial charge is 0.135 e. The van der Waals surface area contributed by atoms with Gasteiger partial charge in [-0.2, -0.15) is 0 Å². The monoisotopic (exact) mass is 246 g/mol. The van der Waals surface area contributed by atoms with E-state index in [4.69, 9.17) is 0 Å². The first-order valence-corrected chi connectivity index (χ1v) is 5.78. The third kappa shape index (κ3) is 2.94. The number of nitrogens with one attached hydrogen (secondary N) is 2. The number of rotatable bonds is 4. The lowest BCUT2D eigenvalue weighted by molar-refractivity contribution is 0.628. The number of hydrogen-bond donors (Lipinski definition) is 2. The van der Waals surface area contributed by atoms with Gasteiger partial charge >= 0.3 is 0 Å². The molecule has 2 rings (SSSR count). The Balaban J connectivity index is 2.22. The van der Waals surface area contributed by atoms with Crippen LogP contribution in [0.1, 0.15) is 12.5 Å². The summed E-state index contributed by atoms with van der Waals surface area (Å²) in [5.41, 5.74) is 1.66. The van der Waals surface area contributed by atoms with Gasteiger partial charge in [0.05, 0.1) is 0 Å². The van der Waals surface area contributed by atoms with Gasteiger partial charge in [0.15, 0.2) is 0 Å². The van der Waals surface area contributed by atoms with E-state index in [0.717, 1.165) is 17.9 Å². The zero-order chi connectivity index (χ0) is 13.0. The second-order valence-electron chi connectivity index (χ2n) is 3.90. The van der Waals surface area contributed by atoms with E-state index in [9.17, 15) is 4.39 Å². The molecule has 0 aliphatic rings. The first-order chi connectivity index (χ1) is 8.69. The fourth-order valence-electron chi connectivity index (χ4n) is 1.57. The van der Waals surface area contributed by atoms with E-state index in [2.05, 4.69) is 20.6 Å². The molecule has 4 nitrogen and oxygen atoms in total. The molecular weight excluding hydrogens is 231 g/mol. The van der Waals surface area contributed by atoms with Crippen LogP contribution in [-0.2, 0) is 0 Å². The maximum absolute atomic E-state index is 13.2. The highest BCUT2D eigenvalue weighted by atomic mass is 19.1. The largest absolute Gasteiger partial charge is 0.370 e. The van der Waals surface area contributed by atoms with Crippen molar-refractivity contribution >= 4 is 17.3 Å². The Morgan fingerprint density at radius 2 is 1.94 bits per heavy atom. The second kappa shape index (κ2) is 5.44. The van der Waals surface area contributed by atoms with Gasteiger partial charge in [-0.1, -0.05) is 6.07 Å². The molecule has 0 radical (unpaired) electrons. The van der Waals surface area contributed by atoms with E-state index in [1.807, 2.05) is 13.8 Å². The van der Waals surface area contributed by atoms with Crippen molar-refractivity contribution in [1.82, 2.24) is 9.97 Å². The second-order valence-corrected chi connectivity index (χ2v) is 3.90. The van der Waals surface area contributed by atoms with Crippen molar-refractivity contribution < 1.29 is 4.39 Å². The average molecular weight is 246 g/mol. The molecule has 0 saturated carbocycles. The predicted molar refractivity (Wildman–Crippen MR) is 70.6 cm³/mol. The number of halogens is 1. The Kier molecular flexibility index (Phi) is 3.72. The summed E-state index contributed by atoms with van der Waals surface area (Å²) in [6, 6.07) is 6.40. The van der Waals surface area contributed by atoms with Crippen LogP contribution >= 0.6 is 0 Å². The van der Waals surface area contributed by atoms with Gasteiger partial charge in [-0.15, -0.1) is 0 Å². The quantitative estimate of drug-likeness (QED) is 0.870. The lowest BCUT2D eigenvalue weighted by atomic mass is 10.2. The fraction of sp³-hybridized carbons (Fsp3) is 0.231. The SMILES string of the molecule is CCNc1cc(Nc2cc(F)ccc2C)ncn1. The van der Waals surface area contributed by atoms with Crippen LogP contribution < -0.4 is 10.6 Å². The van der Waals surface area contributed by atoms with Crippen molar-refractivity contribution in [2.75, 3.05) is 17.2 Å². The van der Waals surface area contributed by atoms with Gasteiger partial charge < -0.3 is 10.6 Å². The van der Waals surface area contributed by atoms with Gasteiger partial charge in [0.2, 0.25) is 0 Å². The molecule has 1 aromatic carbocycles. The minimum Gasteiger partial charge on any atom is -0.370 e. The van der Waals surface area contributed by atoms with Crippen LogP contribution in [0, 0.1) is 12.7 Å². The highest BCUT2D eigenvalue weighted by Gasteiger charge is 2.03. The van der Waals surface area contributed by atoms with E-state index in [0.29, 0.717) is 11.5 Å². The first kappa shape index (κ1) is 12.3. The first-order valence-electron chi connectivity index (χ1n) is 5.78. The molecule has 0 aliphatic carbocycles. The lowest BCUT2D eigenvalue weighted by Crippen LogP contribution is -2.02. The van der Waals surface area contributed by atoms with E-state index >= 15 is 0 Å². The van der Waals surface area contributed by atoms with Gasteiger partial charge in [0, 0.05) is 18.3 Å². The van der Waals surface area contributed by atoms with Crippen molar-refractivity contribution in [2.24, 2.45) is 0 Å². The van der Waals surface area contributed by atoms with E-state index < -0.39 is 0 Å². The molecule has 5 heteroatoms. The molecule has 0 fully saturated rings. The van der Waals surface area contributed by atoms with Crippen LogP contribution in [0.3, 0.4) is 0 Å². The minimum atomic E-state index is -0.274. The van der Waals surface area contributed by atoms with Crippen LogP contribution in [-0.4, -0.2) is 16.5 Å². The Morgan fingerprint density at radius 1 is 1.17 bits per heavy atom. The molecule has 0 amide bonds. The molecule has 94 valence electrons. The predicted octanol–water partition coefficient (Wildman–Crippen LogP) is 3.10. The molecule has 0 saturated heterocycles. The Morgan fingerprint density at radius 3 is 2.72 bits per heavy atom. The lowest BCUT2D eigenvalue weighted by Gasteiger charge is -2.10. The summed E-state index contributed by atoms with van der Waals surface area (Å²) >= 11 is 0. The van der Waals surface area contributed by atoms with Crippen molar-refractivity contribution in [2.45, 2.75) is 13.8 Å². The molecule has 2 N–H and O–H groups in total. The zero-order valence-electron chi connectivity index (χ0n) is 10.4. The van der Waals surface area contributed by atoms with Crippen LogP contribution in [0.15, 0.2) is 30.6 Å². The summed E-state index contributed by atoms with van der Waals surface area (Å²) in [4.78, 5) is 8.18. The van der Waals surface area contributed by atoms with Crippen molar-refractivity contribution in [3.63, 3.8) is 0 Å². The molecule has 0 unspecified atom stereocenters. The molecular formula is C13H15FN4. The number of hydrogen-bond acceptors (Lipinski definition) is 4. The summed E-state index contributed by atoms with van der Waals surface area (Å²) in [6.07, 6.45) is 1.47. The topological polar surface area (TPSA) is 49.8 Å². The number of benzene rings is 1. The van der Waals surface area contributed by atoms with Gasteiger partial charge in [-0.25, -0.2) is 14.4 Å². The molecule has 0 aliphatic heterocycles. The summed E-state index contributed by atoms with van der Waals surface area (Å²) in [7, 11) is 0. The number of aromatic nitrogens is 2. The maximum atomic E-state index is 13.2. The highest BCUT2D eigenvalue weighted by Crippen LogP contribution is 2.21. The van der Waals surface area contributed by atoms with Crippen LogP contribution in [0.25, 0.3) is 0 Å². The molecule has 2 aromatic rings. The Hall–Kier alpha value is -2.17. The van der Waals surface area contributed by atoms with E-state index in [-0.39, 0.29) is 5.82 Å². The third-order valence-corrected chi connectivity index (χ3v) is 2.49. The van der Waals surface area contributed by atoms with E-state index in [1.165, 1.54) is 18.5 Å². The summed E-state index contributed by atoms with van der Waals surface area (Å²) < 4.78 is 13.2. The summed E-state index contributed by atoms with van der Waals surface area (Å²) in [5.74, 6) is 1.10. The Bertz CT molecular complexity index is 542. The number of nitrogens with zero attached hydrogens (tertiary/aromatic N) is 2.